The Bertz CT molecular complexity index is 3030. The summed E-state index contributed by atoms with van der Waals surface area (Å²) in [4.78, 5) is 48.8. The van der Waals surface area contributed by atoms with Crippen LogP contribution in [0.3, 0.4) is 0 Å². The predicted molar refractivity (Wildman–Crippen MR) is 272 cm³/mol. The summed E-state index contributed by atoms with van der Waals surface area (Å²) in [6.45, 7) is -2.47. The van der Waals surface area contributed by atoms with E-state index in [1.165, 1.54) is 60.7 Å². The molecule has 0 bridgehead atoms. The summed E-state index contributed by atoms with van der Waals surface area (Å²) in [7, 11) is 0. The van der Waals surface area contributed by atoms with Gasteiger partial charge in [-0.15, -0.1) is 0 Å². The summed E-state index contributed by atoms with van der Waals surface area (Å²) < 4.78 is 56.0. The van der Waals surface area contributed by atoms with E-state index < -0.39 is 183 Å². The minimum Gasteiger partial charge on any atom is -0.571 e. The summed E-state index contributed by atoms with van der Waals surface area (Å²) >= 11 is 0. The third-order valence-electron chi connectivity index (χ3n) is 13.2. The number of carbonyl (C=O) groups is 4. The monoisotopic (exact) mass is 1170 g/mol. The van der Waals surface area contributed by atoms with Gasteiger partial charge in [0.25, 0.3) is 11.9 Å². The van der Waals surface area contributed by atoms with Crippen LogP contribution >= 0.6 is 0 Å². The van der Waals surface area contributed by atoms with Gasteiger partial charge in [0.2, 0.25) is 12.6 Å². The number of esters is 3. The number of ether oxygens (including phenoxy) is 10. The van der Waals surface area contributed by atoms with E-state index in [-0.39, 0.29) is 28.4 Å². The predicted octanol–water partition coefficient (Wildman–Crippen LogP) is -1.37. The van der Waals surface area contributed by atoms with Crippen LogP contribution in [0.5, 0.6) is 46.0 Å². The van der Waals surface area contributed by atoms with Gasteiger partial charge in [-0.2, -0.15) is 0 Å². The van der Waals surface area contributed by atoms with Crippen LogP contribution in [0.2, 0.25) is 0 Å². The van der Waals surface area contributed by atoms with Crippen LogP contribution in [0.15, 0.2) is 90.7 Å². The first-order chi connectivity index (χ1) is 39.4. The summed E-state index contributed by atoms with van der Waals surface area (Å²) in [5.41, 5.74) is 0.593. The molecule has 0 saturated carbocycles. The van der Waals surface area contributed by atoms with Crippen molar-refractivity contribution in [1.82, 2.24) is 0 Å². The van der Waals surface area contributed by atoms with Crippen LogP contribution < -0.4 is 4.74 Å². The number of carbonyl (C=O) groups excluding carboxylic acids is 3. The van der Waals surface area contributed by atoms with Crippen molar-refractivity contribution in [3.8, 4) is 46.0 Å². The van der Waals surface area contributed by atoms with Gasteiger partial charge < -0.3 is 124 Å². The van der Waals surface area contributed by atoms with Crippen molar-refractivity contribution in [3.05, 3.63) is 113 Å². The van der Waals surface area contributed by atoms with Gasteiger partial charge in [-0.05, 0) is 59.7 Å². The number of hydrogen-bond donors (Lipinski definition) is 15. The van der Waals surface area contributed by atoms with E-state index in [4.69, 9.17) is 47.7 Å². The van der Waals surface area contributed by atoms with E-state index in [0.717, 1.165) is 42.5 Å². The number of carboxylic acids is 1. The molecule has 0 spiro atoms. The molecule has 4 heterocycles. The number of fused-ring (bicyclic) bond motifs is 1. The van der Waals surface area contributed by atoms with Crippen LogP contribution in [0, 0.1) is 0 Å². The molecule has 29 nitrogen and oxygen atoms in total. The molecular weight excluding hydrogens is 1110 g/mol. The molecule has 8 rings (SSSR count). The second kappa shape index (κ2) is 26.3. The van der Waals surface area contributed by atoms with E-state index in [0.29, 0.717) is 11.1 Å². The molecule has 83 heavy (non-hydrogen) atoms. The zero-order valence-electron chi connectivity index (χ0n) is 42.8. The molecule has 446 valence electrons. The highest BCUT2D eigenvalue weighted by Crippen LogP contribution is 2.49. The fourth-order valence-electron chi connectivity index (χ4n) is 8.78. The summed E-state index contributed by atoms with van der Waals surface area (Å²) in [5.74, 6) is -9.26. The number of aliphatic hydroxyl groups excluding tert-OH is 8. The van der Waals surface area contributed by atoms with Crippen molar-refractivity contribution < 1.29 is 143 Å². The standard InChI is InChI=1S/C54H56O29/c55-25-7-1-22(2-8-25)5-11-38(62)74-19-34-42(66)46(70)49(73)53(81-34)83-51-47(71)44(68)36(20-75-39(63)12-6-23-3-9-26(56)10-4-23)82-54(51)79-33-17-28-31(77-50(33)24-13-29(58)41(65)30(59)14-24)15-27(57)16-32(28)78-52-48(72)45(69)43(67)35(80-52)21-76-40(64)18-37(60)61/h1-17,34-36,42-59,65-73H,18-21H2,(H,60,61)/p+1/b11-5+,12-6+/t34-,35+,36+,42-,43-,44-,45+,46+,47-,48-,49-,50?,51+,52-,53+,54-/m1/s1. The van der Waals surface area contributed by atoms with Crippen LogP contribution in [0.1, 0.15) is 34.8 Å². The summed E-state index contributed by atoms with van der Waals surface area (Å²) in [6, 6.07) is 15.3. The Morgan fingerprint density at radius 2 is 1.01 bits per heavy atom. The number of aromatic hydroxyl groups is 7. The van der Waals surface area contributed by atoms with E-state index in [9.17, 15) is 90.7 Å². The molecule has 4 aliphatic heterocycles. The molecule has 3 saturated heterocycles. The average Bonchev–Trinajstić information content (AvgIpc) is 2.88. The topological polar surface area (TPSA) is 468 Å². The Kier molecular flexibility index (Phi) is 19.3. The number of benzene rings is 4. The molecule has 4 aliphatic rings. The normalized spacial score (nSPS) is 29.7. The Morgan fingerprint density at radius 3 is 1.54 bits per heavy atom. The third kappa shape index (κ3) is 14.7. The minimum atomic E-state index is -2.21. The van der Waals surface area contributed by atoms with E-state index in [2.05, 4.69) is 4.74 Å². The lowest BCUT2D eigenvalue weighted by Crippen LogP contribution is -2.64. The number of aliphatic hydroxyl groups is 9. The van der Waals surface area contributed by atoms with Crippen molar-refractivity contribution in [2.24, 2.45) is 0 Å². The summed E-state index contributed by atoms with van der Waals surface area (Å²) in [5, 5.41) is 160. The van der Waals surface area contributed by atoms with E-state index in [1.54, 1.807) is 0 Å². The van der Waals surface area contributed by atoms with Crippen molar-refractivity contribution in [1.29, 1.82) is 0 Å². The van der Waals surface area contributed by atoms with Gasteiger partial charge in [0, 0.05) is 24.3 Å². The van der Waals surface area contributed by atoms with Gasteiger partial charge in [-0.25, -0.2) is 9.59 Å². The number of rotatable bonds is 19. The Morgan fingerprint density at radius 1 is 0.530 bits per heavy atom. The van der Waals surface area contributed by atoms with Crippen molar-refractivity contribution in [2.45, 2.75) is 105 Å². The van der Waals surface area contributed by atoms with E-state index in [1.807, 2.05) is 0 Å². The van der Waals surface area contributed by atoms with Crippen molar-refractivity contribution >= 4 is 42.1 Å². The molecule has 0 radical (unpaired) electrons. The molecule has 29 heteroatoms. The highest BCUT2D eigenvalue weighted by atomic mass is 16.8. The summed E-state index contributed by atoms with van der Waals surface area (Å²) in [6.07, 6.45) is -26.9. The molecular formula is C54H57O29+. The fourth-order valence-corrected chi connectivity index (χ4v) is 8.78. The van der Waals surface area contributed by atoms with Gasteiger partial charge in [-0.1, -0.05) is 24.3 Å². The Balaban J connectivity index is 1.12. The number of carboxylic acid groups (broad SMARTS) is 1. The highest BCUT2D eigenvalue weighted by molar-refractivity contribution is 5.90. The zero-order valence-corrected chi connectivity index (χ0v) is 42.8. The molecule has 1 unspecified atom stereocenters. The SMILES string of the molecule is O=C(O)CC(=O)OC[C@@H]1O[C@@H](Oc2cc(O)cc3c2C=C(O[C@@H]2O[C@@H](COC(=O)/C=C/c4ccc(O)cc4)[C@@H](O)[C@@H](O)[C@@H]2O[C@@H]2O[C@H](COC(=O)/C=C/c4ccc(O)cc4)[C@@H](O)[C@H](O)[C@H]2O)C(c2cc(O)c(O)c(O)c2)[OH+]3)[C@H](O)[C@@H](O)[C@@H]1O. The molecule has 0 aromatic heterocycles. The number of phenolic OH excluding ortho intramolecular Hbond substituents is 6. The maximum Gasteiger partial charge on any atom is 0.330 e. The van der Waals surface area contributed by atoms with Crippen LogP contribution in [-0.4, -0.2) is 217 Å². The molecule has 4 aromatic carbocycles. The molecule has 16 N–H and O–H groups in total. The number of aliphatic carboxylic acids is 1. The first-order valence-electron chi connectivity index (χ1n) is 25.0. The molecule has 0 aliphatic carbocycles. The fraction of sp³-hybridized carbons (Fsp3) is 0.370. The molecule has 4 aromatic rings. The number of phenols is 6. The van der Waals surface area contributed by atoms with Gasteiger partial charge in [-0.3, -0.25) is 9.59 Å². The second-order valence-electron chi connectivity index (χ2n) is 19.1. The van der Waals surface area contributed by atoms with E-state index >= 15 is 0 Å². The maximum atomic E-state index is 13.0. The lowest BCUT2D eigenvalue weighted by molar-refractivity contribution is -0.364. The Hall–Kier alpha value is -8.30. The number of hydrogen-bond acceptors (Lipinski definition) is 27. The minimum absolute atomic E-state index is 0.0329. The zero-order chi connectivity index (χ0) is 60.0. The highest BCUT2D eigenvalue weighted by Gasteiger charge is 2.53. The first-order valence-corrected chi connectivity index (χ1v) is 25.0. The van der Waals surface area contributed by atoms with Crippen LogP contribution in [0.4, 0.5) is 0 Å². The van der Waals surface area contributed by atoms with Gasteiger partial charge in [0.15, 0.2) is 35.4 Å². The third-order valence-corrected chi connectivity index (χ3v) is 13.2. The van der Waals surface area contributed by atoms with Crippen LogP contribution in [-0.2, 0) is 57.1 Å². The second-order valence-corrected chi connectivity index (χ2v) is 19.1. The molecule has 3 fully saturated rings. The maximum absolute atomic E-state index is 13.0. The first kappa shape index (κ1) is 60.8. The lowest BCUT2D eigenvalue weighted by atomic mass is 9.97. The van der Waals surface area contributed by atoms with Gasteiger partial charge in [0.05, 0.1) is 11.6 Å². The molecule has 16 atom stereocenters. The average molecular weight is 1170 g/mol. The van der Waals surface area contributed by atoms with Gasteiger partial charge in [0.1, 0.15) is 122 Å². The van der Waals surface area contributed by atoms with Gasteiger partial charge >= 0.3 is 23.9 Å². The quantitative estimate of drug-likeness (QED) is 0.0129. The lowest BCUT2D eigenvalue weighted by Gasteiger charge is -2.46. The Labute approximate surface area is 467 Å². The molecule has 0 amide bonds. The smallest absolute Gasteiger partial charge is 0.330 e. The van der Waals surface area contributed by atoms with Crippen LogP contribution in [0.25, 0.3) is 18.2 Å². The largest absolute Gasteiger partial charge is 0.571 e. The van der Waals surface area contributed by atoms with Crippen molar-refractivity contribution in [2.75, 3.05) is 19.8 Å². The van der Waals surface area contributed by atoms with Crippen molar-refractivity contribution in [3.63, 3.8) is 0 Å².